The van der Waals surface area contributed by atoms with Gasteiger partial charge < -0.3 is 15.4 Å². The van der Waals surface area contributed by atoms with Crippen LogP contribution >= 0.6 is 0 Å². The Kier molecular flexibility index (Phi) is 4.15. The lowest BCUT2D eigenvalue weighted by atomic mass is 10.0. The fourth-order valence-electron chi connectivity index (χ4n) is 3.10. The topological polar surface area (TPSA) is 102 Å². The zero-order chi connectivity index (χ0) is 15.8. The molecule has 3 aliphatic rings. The van der Waals surface area contributed by atoms with Crippen LogP contribution in [0.3, 0.4) is 0 Å². The second kappa shape index (κ2) is 5.81. The van der Waals surface area contributed by atoms with Gasteiger partial charge in [0.05, 0.1) is 17.6 Å². The van der Waals surface area contributed by atoms with Gasteiger partial charge in [-0.2, -0.15) is 0 Å². The van der Waals surface area contributed by atoms with Crippen LogP contribution in [0.1, 0.15) is 32.1 Å². The number of rotatable bonds is 5. The third-order valence-electron chi connectivity index (χ3n) is 4.70. The first-order valence-electron chi connectivity index (χ1n) is 7.83. The van der Waals surface area contributed by atoms with Crippen molar-refractivity contribution in [2.75, 3.05) is 24.7 Å². The van der Waals surface area contributed by atoms with E-state index in [2.05, 4.69) is 10.6 Å². The Balaban J connectivity index is 1.51. The van der Waals surface area contributed by atoms with Crippen LogP contribution in [0.5, 0.6) is 0 Å². The largest absolute Gasteiger partial charge is 0.376 e. The molecule has 1 aliphatic carbocycles. The van der Waals surface area contributed by atoms with Gasteiger partial charge in [0.25, 0.3) is 0 Å². The molecule has 3 fully saturated rings. The molecule has 2 saturated heterocycles. The first-order valence-corrected chi connectivity index (χ1v) is 9.65. The van der Waals surface area contributed by atoms with Crippen LogP contribution in [0, 0.1) is 5.41 Å². The molecule has 0 aromatic heterocycles. The van der Waals surface area contributed by atoms with E-state index in [0.29, 0.717) is 25.8 Å². The number of amides is 2. The van der Waals surface area contributed by atoms with Crippen LogP contribution in [0.2, 0.25) is 0 Å². The van der Waals surface area contributed by atoms with Gasteiger partial charge in [-0.1, -0.05) is 0 Å². The van der Waals surface area contributed by atoms with E-state index in [0.717, 1.165) is 19.4 Å². The summed E-state index contributed by atoms with van der Waals surface area (Å²) in [4.78, 5) is 24.6. The van der Waals surface area contributed by atoms with Gasteiger partial charge in [0.15, 0.2) is 9.84 Å². The maximum absolute atomic E-state index is 12.3. The molecule has 124 valence electrons. The van der Waals surface area contributed by atoms with Gasteiger partial charge in [-0.15, -0.1) is 0 Å². The molecule has 2 N–H and O–H groups in total. The molecular weight excluding hydrogens is 308 g/mol. The standard InChI is InChI=1S/C14H22N2O5S/c17-12(15-8-11-2-1-6-21-11)14(4-5-14)13(18)16-10-3-7-22(19,20)9-10/h10-11H,1-9H2,(H,15,17)(H,16,18). The van der Waals surface area contributed by atoms with Crippen molar-refractivity contribution in [1.82, 2.24) is 10.6 Å². The monoisotopic (exact) mass is 330 g/mol. The van der Waals surface area contributed by atoms with Crippen LogP contribution in [0.15, 0.2) is 0 Å². The highest BCUT2D eigenvalue weighted by Gasteiger charge is 2.57. The van der Waals surface area contributed by atoms with E-state index in [4.69, 9.17) is 4.74 Å². The minimum atomic E-state index is -3.04. The molecule has 3 rings (SSSR count). The number of hydrogen-bond donors (Lipinski definition) is 2. The van der Waals surface area contributed by atoms with Crippen LogP contribution in [-0.4, -0.2) is 57.0 Å². The van der Waals surface area contributed by atoms with E-state index < -0.39 is 15.3 Å². The van der Waals surface area contributed by atoms with Gasteiger partial charge >= 0.3 is 0 Å². The average Bonchev–Trinajstić information content (AvgIpc) is 2.98. The minimum Gasteiger partial charge on any atom is -0.376 e. The normalized spacial score (nSPS) is 31.6. The second-order valence-corrected chi connectivity index (χ2v) is 8.73. The first kappa shape index (κ1) is 15.7. The third-order valence-corrected chi connectivity index (χ3v) is 6.47. The summed E-state index contributed by atoms with van der Waals surface area (Å²) in [6, 6.07) is -0.360. The maximum Gasteiger partial charge on any atom is 0.235 e. The third kappa shape index (κ3) is 3.27. The van der Waals surface area contributed by atoms with Crippen LogP contribution in [0.4, 0.5) is 0 Å². The first-order chi connectivity index (χ1) is 10.4. The number of hydrogen-bond acceptors (Lipinski definition) is 5. The number of ether oxygens (including phenoxy) is 1. The van der Waals surface area contributed by atoms with Gasteiger partial charge in [0, 0.05) is 19.2 Å². The van der Waals surface area contributed by atoms with Gasteiger partial charge in [-0.3, -0.25) is 9.59 Å². The second-order valence-electron chi connectivity index (χ2n) is 6.50. The highest BCUT2D eigenvalue weighted by Crippen LogP contribution is 2.46. The highest BCUT2D eigenvalue weighted by atomic mass is 32.2. The predicted octanol–water partition coefficient (Wildman–Crippen LogP) is -0.635. The van der Waals surface area contributed by atoms with Crippen molar-refractivity contribution in [3.8, 4) is 0 Å². The van der Waals surface area contributed by atoms with Gasteiger partial charge in [-0.05, 0) is 32.1 Å². The summed E-state index contributed by atoms with van der Waals surface area (Å²) in [7, 11) is -3.04. The number of nitrogens with one attached hydrogen (secondary N) is 2. The molecule has 0 radical (unpaired) electrons. The molecule has 0 aromatic carbocycles. The molecule has 2 heterocycles. The summed E-state index contributed by atoms with van der Waals surface area (Å²) in [5.41, 5.74) is -0.995. The molecule has 2 aliphatic heterocycles. The Bertz CT molecular complexity index is 564. The van der Waals surface area contributed by atoms with Gasteiger partial charge in [-0.25, -0.2) is 8.42 Å². The van der Waals surface area contributed by atoms with E-state index in [-0.39, 0.29) is 35.5 Å². The zero-order valence-corrected chi connectivity index (χ0v) is 13.3. The SMILES string of the molecule is O=C(NCC1CCCO1)C1(C(=O)NC2CCS(=O)(=O)C2)CC1. The Hall–Kier alpha value is -1.15. The molecule has 2 atom stereocenters. The predicted molar refractivity (Wildman–Crippen MR) is 78.9 cm³/mol. The summed E-state index contributed by atoms with van der Waals surface area (Å²) >= 11 is 0. The molecule has 0 bridgehead atoms. The highest BCUT2D eigenvalue weighted by molar-refractivity contribution is 7.91. The van der Waals surface area contributed by atoms with E-state index in [1.807, 2.05) is 0 Å². The van der Waals surface area contributed by atoms with Crippen molar-refractivity contribution in [2.45, 2.75) is 44.2 Å². The maximum atomic E-state index is 12.3. The average molecular weight is 330 g/mol. The molecule has 2 amide bonds. The molecule has 22 heavy (non-hydrogen) atoms. The van der Waals surface area contributed by atoms with Gasteiger partial charge in [0.1, 0.15) is 5.41 Å². The molecule has 1 saturated carbocycles. The molecular formula is C14H22N2O5S. The Morgan fingerprint density at radius 1 is 1.18 bits per heavy atom. The van der Waals surface area contributed by atoms with E-state index in [9.17, 15) is 18.0 Å². The Labute approximate surface area is 130 Å². The van der Waals surface area contributed by atoms with Crippen molar-refractivity contribution >= 4 is 21.7 Å². The van der Waals surface area contributed by atoms with Crippen molar-refractivity contribution in [3.05, 3.63) is 0 Å². The lowest BCUT2D eigenvalue weighted by Crippen LogP contribution is -2.48. The van der Waals surface area contributed by atoms with Gasteiger partial charge in [0.2, 0.25) is 11.8 Å². The fraction of sp³-hybridized carbons (Fsp3) is 0.857. The van der Waals surface area contributed by atoms with Crippen LogP contribution in [0.25, 0.3) is 0 Å². The molecule has 2 unspecified atom stereocenters. The Morgan fingerprint density at radius 2 is 1.95 bits per heavy atom. The fourth-order valence-corrected chi connectivity index (χ4v) is 4.77. The summed E-state index contributed by atoms with van der Waals surface area (Å²) in [6.07, 6.45) is 3.46. The lowest BCUT2D eigenvalue weighted by molar-refractivity contribution is -0.137. The molecule has 7 nitrogen and oxygen atoms in total. The summed E-state index contributed by atoms with van der Waals surface area (Å²) in [5, 5.41) is 5.54. The number of sulfone groups is 1. The number of carbonyl (C=O) groups excluding carboxylic acids is 2. The van der Waals surface area contributed by atoms with Crippen LogP contribution in [-0.2, 0) is 24.2 Å². The summed E-state index contributed by atoms with van der Waals surface area (Å²) in [6.45, 7) is 1.16. The van der Waals surface area contributed by atoms with Crippen molar-refractivity contribution in [2.24, 2.45) is 5.41 Å². The smallest absolute Gasteiger partial charge is 0.235 e. The minimum absolute atomic E-state index is 0.0215. The summed E-state index contributed by atoms with van der Waals surface area (Å²) < 4.78 is 28.3. The molecule has 0 aromatic rings. The quantitative estimate of drug-likeness (QED) is 0.653. The molecule has 8 heteroatoms. The summed E-state index contributed by atoms with van der Waals surface area (Å²) in [5.74, 6) is -0.511. The van der Waals surface area contributed by atoms with E-state index >= 15 is 0 Å². The number of carbonyl (C=O) groups is 2. The van der Waals surface area contributed by atoms with E-state index in [1.54, 1.807) is 0 Å². The van der Waals surface area contributed by atoms with E-state index in [1.165, 1.54) is 0 Å². The van der Waals surface area contributed by atoms with Crippen LogP contribution < -0.4 is 10.6 Å². The Morgan fingerprint density at radius 3 is 2.50 bits per heavy atom. The van der Waals surface area contributed by atoms with Crippen molar-refractivity contribution < 1.29 is 22.7 Å². The lowest BCUT2D eigenvalue weighted by Gasteiger charge is -2.19. The molecule has 0 spiro atoms. The van der Waals surface area contributed by atoms with Crippen molar-refractivity contribution in [1.29, 1.82) is 0 Å². The van der Waals surface area contributed by atoms with Crippen molar-refractivity contribution in [3.63, 3.8) is 0 Å². The zero-order valence-electron chi connectivity index (χ0n) is 12.5.